The van der Waals surface area contributed by atoms with E-state index in [1.165, 1.54) is 32.2 Å². The maximum Gasteiger partial charge on any atom is 0.0223 e. The highest BCUT2D eigenvalue weighted by atomic mass is 15.2. The zero-order chi connectivity index (χ0) is 13.3. The molecule has 1 atom stereocenters. The number of hydrogen-bond acceptors (Lipinski definition) is 2. The molecule has 0 aromatic rings. The van der Waals surface area contributed by atoms with Crippen molar-refractivity contribution in [3.8, 4) is 0 Å². The fourth-order valence-electron chi connectivity index (χ4n) is 2.73. The van der Waals surface area contributed by atoms with Crippen LogP contribution in [-0.2, 0) is 0 Å². The van der Waals surface area contributed by atoms with E-state index in [2.05, 4.69) is 51.9 Å². The van der Waals surface area contributed by atoms with E-state index in [0.29, 0.717) is 6.04 Å². The van der Waals surface area contributed by atoms with E-state index in [-0.39, 0.29) is 0 Å². The number of nitrogens with one attached hydrogen (secondary N) is 1. The molecule has 0 aliphatic rings. The van der Waals surface area contributed by atoms with Gasteiger partial charge in [-0.2, -0.15) is 0 Å². The van der Waals surface area contributed by atoms with Crippen LogP contribution in [0.3, 0.4) is 0 Å². The summed E-state index contributed by atoms with van der Waals surface area (Å²) in [6.07, 6.45) is 5.13. The molecule has 0 fully saturated rings. The Bertz CT molecular complexity index is 158. The second kappa shape index (κ2) is 9.90. The first-order chi connectivity index (χ1) is 8.10. The molecule has 0 aliphatic carbocycles. The minimum absolute atomic E-state index is 0.706. The van der Waals surface area contributed by atoms with Crippen molar-refractivity contribution in [2.75, 3.05) is 20.1 Å². The quantitative estimate of drug-likeness (QED) is 0.630. The Morgan fingerprint density at radius 3 is 1.94 bits per heavy atom. The van der Waals surface area contributed by atoms with Crippen LogP contribution >= 0.6 is 0 Å². The highest BCUT2D eigenvalue weighted by Gasteiger charge is 2.23. The monoisotopic (exact) mass is 242 g/mol. The highest BCUT2D eigenvalue weighted by Crippen LogP contribution is 2.18. The second-order valence-corrected chi connectivity index (χ2v) is 5.56. The lowest BCUT2D eigenvalue weighted by molar-refractivity contribution is 0.102. The van der Waals surface area contributed by atoms with Gasteiger partial charge in [0.1, 0.15) is 0 Å². The van der Waals surface area contributed by atoms with Crippen LogP contribution in [0.1, 0.15) is 60.3 Å². The minimum atomic E-state index is 0.706. The normalized spacial score (nSPS) is 13.9. The van der Waals surface area contributed by atoms with Crippen LogP contribution < -0.4 is 5.32 Å². The Hall–Kier alpha value is -0.0800. The molecule has 0 saturated heterocycles. The first kappa shape index (κ1) is 16.9. The Morgan fingerprint density at radius 1 is 1.00 bits per heavy atom. The lowest BCUT2D eigenvalue weighted by atomic mass is 10.0. The molecule has 0 saturated carbocycles. The molecule has 2 nitrogen and oxygen atoms in total. The predicted molar refractivity (Wildman–Crippen MR) is 78.5 cm³/mol. The third kappa shape index (κ3) is 6.42. The van der Waals surface area contributed by atoms with Gasteiger partial charge < -0.3 is 5.32 Å². The molecule has 1 unspecified atom stereocenters. The molecule has 0 spiro atoms. The van der Waals surface area contributed by atoms with Crippen molar-refractivity contribution in [3.05, 3.63) is 0 Å². The average Bonchev–Trinajstić information content (AvgIpc) is 2.28. The summed E-state index contributed by atoms with van der Waals surface area (Å²) < 4.78 is 0. The van der Waals surface area contributed by atoms with Gasteiger partial charge in [-0.05, 0) is 32.2 Å². The van der Waals surface area contributed by atoms with Crippen molar-refractivity contribution in [1.29, 1.82) is 0 Å². The van der Waals surface area contributed by atoms with Crippen LogP contribution in [0.4, 0.5) is 0 Å². The predicted octanol–water partition coefficient (Wildman–Crippen LogP) is 3.52. The molecule has 2 heteroatoms. The molecule has 0 rings (SSSR count). The Kier molecular flexibility index (Phi) is 9.85. The average molecular weight is 242 g/mol. The standard InChI is InChI=1S/C15H34N2/c1-7-10-15(11-16-6)17(12-13(4)5)14(8-2)9-3/h13-16H,7-12H2,1-6H3. The van der Waals surface area contributed by atoms with Crippen LogP contribution in [0.15, 0.2) is 0 Å². The first-order valence-corrected chi connectivity index (χ1v) is 7.50. The number of likely N-dealkylation sites (N-methyl/N-ethyl adjacent to an activating group) is 1. The van der Waals surface area contributed by atoms with Crippen molar-refractivity contribution < 1.29 is 0 Å². The molecule has 0 aromatic heterocycles. The fourth-order valence-corrected chi connectivity index (χ4v) is 2.73. The first-order valence-electron chi connectivity index (χ1n) is 7.50. The zero-order valence-corrected chi connectivity index (χ0v) is 12.9. The van der Waals surface area contributed by atoms with Gasteiger partial charge in [-0.3, -0.25) is 4.90 Å². The Balaban J connectivity index is 4.68. The van der Waals surface area contributed by atoms with Gasteiger partial charge in [-0.25, -0.2) is 0 Å². The SMILES string of the molecule is CCCC(CNC)N(CC(C)C)C(CC)CC. The lowest BCUT2D eigenvalue weighted by Crippen LogP contribution is -2.48. The zero-order valence-electron chi connectivity index (χ0n) is 12.9. The molecule has 0 heterocycles. The number of hydrogen-bond donors (Lipinski definition) is 1. The number of nitrogens with zero attached hydrogens (tertiary/aromatic N) is 1. The van der Waals surface area contributed by atoms with Crippen molar-refractivity contribution >= 4 is 0 Å². The smallest absolute Gasteiger partial charge is 0.0223 e. The molecule has 0 amide bonds. The molecular weight excluding hydrogens is 208 g/mol. The van der Waals surface area contributed by atoms with E-state index in [4.69, 9.17) is 0 Å². The molecule has 1 N–H and O–H groups in total. The Labute approximate surface area is 109 Å². The summed E-state index contributed by atoms with van der Waals surface area (Å²) in [5, 5.41) is 3.37. The lowest BCUT2D eigenvalue weighted by Gasteiger charge is -2.39. The molecule has 0 radical (unpaired) electrons. The maximum absolute atomic E-state index is 3.37. The maximum atomic E-state index is 3.37. The van der Waals surface area contributed by atoms with Gasteiger partial charge in [0.05, 0.1) is 0 Å². The summed E-state index contributed by atoms with van der Waals surface area (Å²) in [5.41, 5.74) is 0. The van der Waals surface area contributed by atoms with Gasteiger partial charge in [0.15, 0.2) is 0 Å². The number of rotatable bonds is 10. The van der Waals surface area contributed by atoms with Gasteiger partial charge in [0.25, 0.3) is 0 Å². The van der Waals surface area contributed by atoms with Gasteiger partial charge >= 0.3 is 0 Å². The Morgan fingerprint density at radius 2 is 1.59 bits per heavy atom. The summed E-state index contributed by atoms with van der Waals surface area (Å²) in [6.45, 7) is 14.0. The van der Waals surface area contributed by atoms with Gasteiger partial charge in [-0.1, -0.05) is 41.0 Å². The van der Waals surface area contributed by atoms with Gasteiger partial charge in [0, 0.05) is 25.2 Å². The second-order valence-electron chi connectivity index (χ2n) is 5.56. The summed E-state index contributed by atoms with van der Waals surface area (Å²) in [7, 11) is 2.07. The van der Waals surface area contributed by atoms with E-state index < -0.39 is 0 Å². The topological polar surface area (TPSA) is 15.3 Å². The van der Waals surface area contributed by atoms with E-state index in [1.54, 1.807) is 0 Å². The van der Waals surface area contributed by atoms with Crippen molar-refractivity contribution in [1.82, 2.24) is 10.2 Å². The van der Waals surface area contributed by atoms with Gasteiger partial charge in [0.2, 0.25) is 0 Å². The summed E-state index contributed by atoms with van der Waals surface area (Å²) in [4.78, 5) is 2.75. The van der Waals surface area contributed by atoms with Crippen LogP contribution in [0, 0.1) is 5.92 Å². The largest absolute Gasteiger partial charge is 0.318 e. The van der Waals surface area contributed by atoms with Crippen molar-refractivity contribution in [3.63, 3.8) is 0 Å². The summed E-state index contributed by atoms with van der Waals surface area (Å²) in [6, 6.07) is 1.46. The summed E-state index contributed by atoms with van der Waals surface area (Å²) in [5.74, 6) is 0.756. The van der Waals surface area contributed by atoms with E-state index >= 15 is 0 Å². The van der Waals surface area contributed by atoms with E-state index in [1.807, 2.05) is 0 Å². The van der Waals surface area contributed by atoms with Crippen molar-refractivity contribution in [2.45, 2.75) is 72.4 Å². The van der Waals surface area contributed by atoms with Crippen molar-refractivity contribution in [2.24, 2.45) is 5.92 Å². The third-order valence-corrected chi connectivity index (χ3v) is 3.52. The minimum Gasteiger partial charge on any atom is -0.318 e. The molecule has 0 aromatic carbocycles. The highest BCUT2D eigenvalue weighted by molar-refractivity contribution is 4.80. The van der Waals surface area contributed by atoms with Gasteiger partial charge in [-0.15, -0.1) is 0 Å². The fraction of sp³-hybridized carbons (Fsp3) is 1.00. The molecular formula is C15H34N2. The van der Waals surface area contributed by atoms with Crippen LogP contribution in [0.2, 0.25) is 0 Å². The van der Waals surface area contributed by atoms with Crippen LogP contribution in [0.25, 0.3) is 0 Å². The van der Waals surface area contributed by atoms with Crippen LogP contribution in [-0.4, -0.2) is 37.1 Å². The summed E-state index contributed by atoms with van der Waals surface area (Å²) >= 11 is 0. The molecule has 17 heavy (non-hydrogen) atoms. The molecule has 104 valence electrons. The van der Waals surface area contributed by atoms with E-state index in [9.17, 15) is 0 Å². The molecule has 0 aliphatic heterocycles. The third-order valence-electron chi connectivity index (χ3n) is 3.52. The molecule has 0 bridgehead atoms. The van der Waals surface area contributed by atoms with E-state index in [0.717, 1.165) is 18.5 Å². The van der Waals surface area contributed by atoms with Crippen LogP contribution in [0.5, 0.6) is 0 Å².